The predicted octanol–water partition coefficient (Wildman–Crippen LogP) is 3.18. The van der Waals surface area contributed by atoms with E-state index in [0.717, 1.165) is 25.7 Å². The van der Waals surface area contributed by atoms with Crippen LogP contribution in [-0.4, -0.2) is 32.2 Å². The van der Waals surface area contributed by atoms with Gasteiger partial charge >= 0.3 is 5.97 Å². The third-order valence-corrected chi connectivity index (χ3v) is 2.97. The van der Waals surface area contributed by atoms with Crippen LogP contribution in [0.1, 0.15) is 51.9 Å². The lowest BCUT2D eigenvalue weighted by Crippen LogP contribution is -2.38. The van der Waals surface area contributed by atoms with Gasteiger partial charge in [0.15, 0.2) is 0 Å². The van der Waals surface area contributed by atoms with Crippen molar-refractivity contribution in [2.45, 2.75) is 57.9 Å². The maximum absolute atomic E-state index is 11.6. The molecule has 1 atom stereocenters. The molecule has 0 heterocycles. The Labute approximate surface area is 115 Å². The first kappa shape index (κ1) is 17.7. The molecule has 0 bridgehead atoms. The maximum atomic E-state index is 11.6. The number of nitrogens with one attached hydrogen (secondary N) is 1. The highest BCUT2D eigenvalue weighted by Crippen LogP contribution is 2.08. The first-order valence-electron chi connectivity index (χ1n) is 7.08. The van der Waals surface area contributed by atoms with Crippen molar-refractivity contribution in [3.05, 3.63) is 10.4 Å². The number of carbonyl (C=O) groups excluding carboxylic acids is 1. The third-order valence-electron chi connectivity index (χ3n) is 2.97. The number of unbranched alkanes of at least 4 members (excludes halogenated alkanes) is 4. The molecule has 0 saturated heterocycles. The molecule has 0 aromatic heterocycles. The van der Waals surface area contributed by atoms with E-state index in [4.69, 9.17) is 10.3 Å². The van der Waals surface area contributed by atoms with Gasteiger partial charge in [-0.15, -0.1) is 0 Å². The fourth-order valence-electron chi connectivity index (χ4n) is 1.87. The molecular weight excluding hydrogens is 244 g/mol. The Kier molecular flexibility index (Phi) is 12.3. The molecule has 6 heteroatoms. The minimum Gasteiger partial charge on any atom is -0.468 e. The molecule has 0 amide bonds. The van der Waals surface area contributed by atoms with Gasteiger partial charge in [0.25, 0.3) is 0 Å². The number of esters is 1. The minimum absolute atomic E-state index is 0.209. The Morgan fingerprint density at radius 3 is 2.68 bits per heavy atom. The molecule has 0 aliphatic heterocycles. The third kappa shape index (κ3) is 10.4. The van der Waals surface area contributed by atoms with E-state index in [9.17, 15) is 4.79 Å². The molecule has 1 unspecified atom stereocenters. The van der Waals surface area contributed by atoms with Gasteiger partial charge < -0.3 is 10.1 Å². The van der Waals surface area contributed by atoms with E-state index in [-0.39, 0.29) is 12.0 Å². The Morgan fingerprint density at radius 1 is 1.32 bits per heavy atom. The average molecular weight is 270 g/mol. The summed E-state index contributed by atoms with van der Waals surface area (Å²) in [5.74, 6) is -0.209. The van der Waals surface area contributed by atoms with Gasteiger partial charge in [-0.2, -0.15) is 0 Å². The first-order chi connectivity index (χ1) is 9.26. The number of ether oxygens (including phenoxy) is 1. The summed E-state index contributed by atoms with van der Waals surface area (Å²) in [7, 11) is 1.41. The van der Waals surface area contributed by atoms with Gasteiger partial charge in [0.2, 0.25) is 0 Å². The van der Waals surface area contributed by atoms with Crippen LogP contribution in [0.5, 0.6) is 0 Å². The molecule has 0 fully saturated rings. The molecular formula is C13H26N4O2. The molecule has 0 radical (unpaired) electrons. The van der Waals surface area contributed by atoms with E-state index in [1.54, 1.807) is 0 Å². The summed E-state index contributed by atoms with van der Waals surface area (Å²) < 4.78 is 4.79. The van der Waals surface area contributed by atoms with Crippen molar-refractivity contribution in [1.29, 1.82) is 0 Å². The Balaban J connectivity index is 3.82. The fourth-order valence-corrected chi connectivity index (χ4v) is 1.87. The number of rotatable bonds is 12. The second-order valence-electron chi connectivity index (χ2n) is 4.54. The Morgan fingerprint density at radius 2 is 2.05 bits per heavy atom. The number of azide groups is 1. The van der Waals surface area contributed by atoms with Crippen molar-refractivity contribution in [3.63, 3.8) is 0 Å². The highest BCUT2D eigenvalue weighted by Gasteiger charge is 2.17. The van der Waals surface area contributed by atoms with Gasteiger partial charge in [0, 0.05) is 11.5 Å². The van der Waals surface area contributed by atoms with Crippen LogP contribution in [0.4, 0.5) is 0 Å². The van der Waals surface area contributed by atoms with Crippen LogP contribution in [0.15, 0.2) is 5.11 Å². The van der Waals surface area contributed by atoms with Crippen LogP contribution in [0.2, 0.25) is 0 Å². The summed E-state index contributed by atoms with van der Waals surface area (Å²) in [6.07, 6.45) is 7.41. The summed E-state index contributed by atoms with van der Waals surface area (Å²) in [6.45, 7) is 3.30. The van der Waals surface area contributed by atoms with E-state index < -0.39 is 0 Å². The maximum Gasteiger partial charge on any atom is 0.322 e. The molecule has 0 aliphatic rings. The van der Waals surface area contributed by atoms with Crippen molar-refractivity contribution in [2.75, 3.05) is 20.2 Å². The van der Waals surface area contributed by atoms with Crippen LogP contribution < -0.4 is 5.32 Å². The van der Waals surface area contributed by atoms with Gasteiger partial charge in [0.1, 0.15) is 6.04 Å². The van der Waals surface area contributed by atoms with Crippen molar-refractivity contribution >= 4 is 5.97 Å². The Bertz CT molecular complexity index is 278. The molecule has 0 saturated carbocycles. The van der Waals surface area contributed by atoms with Crippen LogP contribution in [0.3, 0.4) is 0 Å². The van der Waals surface area contributed by atoms with E-state index in [0.29, 0.717) is 13.1 Å². The zero-order valence-electron chi connectivity index (χ0n) is 12.1. The molecule has 0 aliphatic carbocycles. The lowest BCUT2D eigenvalue weighted by Gasteiger charge is -2.16. The summed E-state index contributed by atoms with van der Waals surface area (Å²) in [5.41, 5.74) is 8.15. The smallest absolute Gasteiger partial charge is 0.322 e. The van der Waals surface area contributed by atoms with E-state index in [1.165, 1.54) is 26.4 Å². The molecule has 0 spiro atoms. The van der Waals surface area contributed by atoms with Crippen LogP contribution in [0.25, 0.3) is 10.4 Å². The standard InChI is InChI=1S/C13H26N4O2/c1-3-4-5-6-7-9-12(13(18)19-2)15-10-8-11-16-17-14/h12,15H,3-11H2,1-2H3. The van der Waals surface area contributed by atoms with E-state index in [1.807, 2.05) is 0 Å². The zero-order valence-corrected chi connectivity index (χ0v) is 12.1. The largest absolute Gasteiger partial charge is 0.468 e. The number of carbonyl (C=O) groups is 1. The predicted molar refractivity (Wildman–Crippen MR) is 75.8 cm³/mol. The SMILES string of the molecule is CCCCCCCC(NCCCN=[N+]=[N-])C(=O)OC. The van der Waals surface area contributed by atoms with Crippen molar-refractivity contribution in [3.8, 4) is 0 Å². The monoisotopic (exact) mass is 270 g/mol. The highest BCUT2D eigenvalue weighted by atomic mass is 16.5. The van der Waals surface area contributed by atoms with Gasteiger partial charge in [-0.25, -0.2) is 0 Å². The van der Waals surface area contributed by atoms with Crippen LogP contribution in [0, 0.1) is 0 Å². The molecule has 0 rings (SSSR count). The number of methoxy groups -OCH3 is 1. The van der Waals surface area contributed by atoms with Gasteiger partial charge in [-0.3, -0.25) is 4.79 Å². The van der Waals surface area contributed by atoms with E-state index in [2.05, 4.69) is 22.3 Å². The molecule has 1 N–H and O–H groups in total. The average Bonchev–Trinajstić information content (AvgIpc) is 2.43. The van der Waals surface area contributed by atoms with Crippen molar-refractivity contribution in [2.24, 2.45) is 5.11 Å². The quantitative estimate of drug-likeness (QED) is 0.194. The lowest BCUT2D eigenvalue weighted by atomic mass is 10.1. The Hall–Kier alpha value is -1.26. The zero-order chi connectivity index (χ0) is 14.3. The topological polar surface area (TPSA) is 87.1 Å². The van der Waals surface area contributed by atoms with Crippen molar-refractivity contribution < 1.29 is 9.53 Å². The van der Waals surface area contributed by atoms with Gasteiger partial charge in [-0.05, 0) is 24.9 Å². The summed E-state index contributed by atoms with van der Waals surface area (Å²) in [5, 5.41) is 6.62. The fraction of sp³-hybridized carbons (Fsp3) is 0.923. The highest BCUT2D eigenvalue weighted by molar-refractivity contribution is 5.75. The molecule has 110 valence electrons. The summed E-state index contributed by atoms with van der Waals surface area (Å²) in [4.78, 5) is 14.3. The van der Waals surface area contributed by atoms with Crippen LogP contribution >= 0.6 is 0 Å². The molecule has 0 aromatic carbocycles. The number of hydrogen-bond acceptors (Lipinski definition) is 4. The number of nitrogens with zero attached hydrogens (tertiary/aromatic N) is 3. The first-order valence-corrected chi connectivity index (χ1v) is 7.08. The van der Waals surface area contributed by atoms with Crippen molar-refractivity contribution in [1.82, 2.24) is 5.32 Å². The molecule has 19 heavy (non-hydrogen) atoms. The van der Waals surface area contributed by atoms with Gasteiger partial charge in [0.05, 0.1) is 7.11 Å². The van der Waals surface area contributed by atoms with E-state index >= 15 is 0 Å². The summed E-state index contributed by atoms with van der Waals surface area (Å²) in [6, 6.07) is -0.238. The van der Waals surface area contributed by atoms with Crippen LogP contribution in [-0.2, 0) is 9.53 Å². The molecule has 6 nitrogen and oxygen atoms in total. The normalized spacial score (nSPS) is 11.7. The molecule has 0 aromatic rings. The second kappa shape index (κ2) is 13.2. The minimum atomic E-state index is -0.238. The number of hydrogen-bond donors (Lipinski definition) is 1. The second-order valence-corrected chi connectivity index (χ2v) is 4.54. The lowest BCUT2D eigenvalue weighted by molar-refractivity contribution is -0.143. The summed E-state index contributed by atoms with van der Waals surface area (Å²) >= 11 is 0. The van der Waals surface area contributed by atoms with Gasteiger partial charge in [-0.1, -0.05) is 44.1 Å².